The van der Waals surface area contributed by atoms with Crippen molar-refractivity contribution < 1.29 is 14.3 Å². The number of hydrogen-bond donors (Lipinski definition) is 1. The first-order chi connectivity index (χ1) is 11.6. The van der Waals surface area contributed by atoms with Crippen LogP contribution in [0.5, 0.6) is 11.5 Å². The Labute approximate surface area is 143 Å². The van der Waals surface area contributed by atoms with Gasteiger partial charge in [-0.05, 0) is 35.7 Å². The second kappa shape index (κ2) is 8.77. The zero-order valence-corrected chi connectivity index (χ0v) is 14.1. The molecule has 1 amide bonds. The molecule has 0 saturated heterocycles. The molecular formula is C20H23NO3. The summed E-state index contributed by atoms with van der Waals surface area (Å²) in [6.07, 6.45) is 1.66. The van der Waals surface area contributed by atoms with Gasteiger partial charge in [-0.3, -0.25) is 4.79 Å². The fraction of sp³-hybridized carbons (Fsp3) is 0.250. The normalized spacial score (nSPS) is 10.3. The molecule has 0 bridgehead atoms. The Morgan fingerprint density at radius 2 is 1.83 bits per heavy atom. The van der Waals surface area contributed by atoms with Crippen LogP contribution >= 0.6 is 0 Å². The number of anilines is 1. The van der Waals surface area contributed by atoms with Gasteiger partial charge >= 0.3 is 0 Å². The summed E-state index contributed by atoms with van der Waals surface area (Å²) in [7, 11) is 0. The smallest absolute Gasteiger partial charge is 0.262 e. The van der Waals surface area contributed by atoms with Crippen molar-refractivity contribution in [2.75, 3.05) is 18.5 Å². The van der Waals surface area contributed by atoms with Crippen molar-refractivity contribution in [3.05, 3.63) is 66.7 Å². The van der Waals surface area contributed by atoms with Crippen LogP contribution < -0.4 is 14.8 Å². The highest BCUT2D eigenvalue weighted by Gasteiger charge is 2.08. The van der Waals surface area contributed by atoms with Gasteiger partial charge in [-0.25, -0.2) is 0 Å². The second-order valence-corrected chi connectivity index (χ2v) is 5.66. The van der Waals surface area contributed by atoms with Crippen molar-refractivity contribution in [3.63, 3.8) is 0 Å². The Balaban J connectivity index is 1.90. The fourth-order valence-corrected chi connectivity index (χ4v) is 2.13. The number of amides is 1. The van der Waals surface area contributed by atoms with Gasteiger partial charge in [0.1, 0.15) is 18.1 Å². The van der Waals surface area contributed by atoms with Crippen molar-refractivity contribution in [3.8, 4) is 11.5 Å². The number of carbonyl (C=O) groups excluding carboxylic acids is 1. The van der Waals surface area contributed by atoms with E-state index in [2.05, 4.69) is 25.7 Å². The molecule has 0 unspecified atom stereocenters. The highest BCUT2D eigenvalue weighted by Crippen LogP contribution is 2.24. The summed E-state index contributed by atoms with van der Waals surface area (Å²) in [4.78, 5) is 12.1. The molecule has 2 rings (SSSR count). The van der Waals surface area contributed by atoms with Crippen LogP contribution in [-0.4, -0.2) is 19.1 Å². The molecule has 0 aliphatic heterocycles. The summed E-state index contributed by atoms with van der Waals surface area (Å²) >= 11 is 0. The zero-order valence-electron chi connectivity index (χ0n) is 14.1. The summed E-state index contributed by atoms with van der Waals surface area (Å²) in [5.41, 5.74) is 1.85. The number of nitrogens with one attached hydrogen (secondary N) is 1. The predicted octanol–water partition coefficient (Wildman–Crippen LogP) is 4.39. The largest absolute Gasteiger partial charge is 0.487 e. The third-order valence-corrected chi connectivity index (χ3v) is 3.43. The molecule has 0 radical (unpaired) electrons. The number of carbonyl (C=O) groups is 1. The molecule has 4 heteroatoms. The van der Waals surface area contributed by atoms with Crippen molar-refractivity contribution in [2.24, 2.45) is 0 Å². The molecule has 0 spiro atoms. The molecule has 4 nitrogen and oxygen atoms in total. The van der Waals surface area contributed by atoms with Crippen molar-refractivity contribution >= 4 is 11.6 Å². The number of benzene rings is 2. The Bertz CT molecular complexity index is 678. The van der Waals surface area contributed by atoms with E-state index in [1.807, 2.05) is 36.4 Å². The van der Waals surface area contributed by atoms with E-state index in [0.717, 1.165) is 0 Å². The molecule has 24 heavy (non-hydrogen) atoms. The van der Waals surface area contributed by atoms with Gasteiger partial charge in [0, 0.05) is 0 Å². The zero-order chi connectivity index (χ0) is 17.4. The third kappa shape index (κ3) is 5.16. The van der Waals surface area contributed by atoms with E-state index in [1.54, 1.807) is 18.2 Å². The van der Waals surface area contributed by atoms with Gasteiger partial charge in [-0.1, -0.05) is 50.8 Å². The first-order valence-electron chi connectivity index (χ1n) is 7.95. The van der Waals surface area contributed by atoms with E-state index >= 15 is 0 Å². The van der Waals surface area contributed by atoms with Gasteiger partial charge in [0.25, 0.3) is 5.91 Å². The number of hydrogen-bond acceptors (Lipinski definition) is 3. The maximum Gasteiger partial charge on any atom is 0.262 e. The molecular weight excluding hydrogens is 302 g/mol. The third-order valence-electron chi connectivity index (χ3n) is 3.43. The van der Waals surface area contributed by atoms with Gasteiger partial charge in [0.05, 0.1) is 5.69 Å². The molecule has 0 atom stereocenters. The monoisotopic (exact) mass is 325 g/mol. The lowest BCUT2D eigenvalue weighted by molar-refractivity contribution is -0.118. The lowest BCUT2D eigenvalue weighted by Gasteiger charge is -2.12. The molecule has 0 heterocycles. The number of ether oxygens (including phenoxy) is 2. The minimum absolute atomic E-state index is 0.0587. The Kier molecular flexibility index (Phi) is 6.43. The van der Waals surface area contributed by atoms with Gasteiger partial charge in [-0.2, -0.15) is 0 Å². The lowest BCUT2D eigenvalue weighted by Crippen LogP contribution is -2.20. The second-order valence-electron chi connectivity index (χ2n) is 5.66. The lowest BCUT2D eigenvalue weighted by atomic mass is 10.0. The summed E-state index contributed by atoms with van der Waals surface area (Å²) in [6, 6.07) is 15.0. The Morgan fingerprint density at radius 3 is 2.50 bits per heavy atom. The average molecular weight is 325 g/mol. The van der Waals surface area contributed by atoms with Crippen LogP contribution in [0.25, 0.3) is 0 Å². The van der Waals surface area contributed by atoms with Crippen LogP contribution in [0.4, 0.5) is 5.69 Å². The van der Waals surface area contributed by atoms with E-state index in [-0.39, 0.29) is 12.5 Å². The summed E-state index contributed by atoms with van der Waals surface area (Å²) in [5.74, 6) is 1.50. The van der Waals surface area contributed by atoms with Crippen molar-refractivity contribution in [2.45, 2.75) is 19.8 Å². The summed E-state index contributed by atoms with van der Waals surface area (Å²) < 4.78 is 11.0. The standard InChI is InChI=1S/C20H23NO3/c1-4-13-23-19-8-6-5-7-18(19)21-20(22)14-24-17-11-9-16(10-12-17)15(2)3/h4-12,15H,1,13-14H2,2-3H3,(H,21,22). The molecule has 2 aromatic rings. The molecule has 0 fully saturated rings. The maximum absolute atomic E-state index is 12.1. The molecule has 0 aliphatic carbocycles. The van der Waals surface area contributed by atoms with Crippen LogP contribution in [0.15, 0.2) is 61.2 Å². The van der Waals surface area contributed by atoms with Crippen molar-refractivity contribution in [1.29, 1.82) is 0 Å². The Morgan fingerprint density at radius 1 is 1.12 bits per heavy atom. The van der Waals surface area contributed by atoms with E-state index in [4.69, 9.17) is 9.47 Å². The first kappa shape index (κ1) is 17.6. The van der Waals surface area contributed by atoms with Crippen molar-refractivity contribution in [1.82, 2.24) is 0 Å². The fourth-order valence-electron chi connectivity index (χ4n) is 2.13. The highest BCUT2D eigenvalue weighted by molar-refractivity contribution is 5.93. The van der Waals surface area contributed by atoms with Crippen LogP contribution in [-0.2, 0) is 4.79 Å². The van der Waals surface area contributed by atoms with Crippen LogP contribution in [0.3, 0.4) is 0 Å². The number of para-hydroxylation sites is 2. The average Bonchev–Trinajstić information content (AvgIpc) is 2.59. The van der Waals surface area contributed by atoms with Crippen LogP contribution in [0.1, 0.15) is 25.3 Å². The van der Waals surface area contributed by atoms with E-state index in [0.29, 0.717) is 29.7 Å². The van der Waals surface area contributed by atoms with Gasteiger partial charge < -0.3 is 14.8 Å². The quantitative estimate of drug-likeness (QED) is 0.732. The SMILES string of the molecule is C=CCOc1ccccc1NC(=O)COc1ccc(C(C)C)cc1. The maximum atomic E-state index is 12.1. The molecule has 0 saturated carbocycles. The van der Waals surface area contributed by atoms with E-state index in [1.165, 1.54) is 5.56 Å². The van der Waals surface area contributed by atoms with E-state index < -0.39 is 0 Å². The van der Waals surface area contributed by atoms with Gasteiger partial charge in [0.2, 0.25) is 0 Å². The molecule has 0 aliphatic rings. The molecule has 0 aromatic heterocycles. The van der Waals surface area contributed by atoms with E-state index in [9.17, 15) is 4.79 Å². The van der Waals surface area contributed by atoms with Gasteiger partial charge in [-0.15, -0.1) is 0 Å². The summed E-state index contributed by atoms with van der Waals surface area (Å²) in [5, 5.41) is 2.80. The highest BCUT2D eigenvalue weighted by atomic mass is 16.5. The molecule has 2 aromatic carbocycles. The minimum Gasteiger partial charge on any atom is -0.487 e. The molecule has 1 N–H and O–H groups in total. The van der Waals surface area contributed by atoms with Crippen LogP contribution in [0.2, 0.25) is 0 Å². The predicted molar refractivity (Wildman–Crippen MR) is 96.8 cm³/mol. The Hall–Kier alpha value is -2.75. The number of rotatable bonds is 8. The minimum atomic E-state index is -0.238. The first-order valence-corrected chi connectivity index (χ1v) is 7.95. The topological polar surface area (TPSA) is 47.6 Å². The van der Waals surface area contributed by atoms with Crippen LogP contribution in [0, 0.1) is 0 Å². The molecule has 126 valence electrons. The van der Waals surface area contributed by atoms with Gasteiger partial charge in [0.15, 0.2) is 6.61 Å². The summed E-state index contributed by atoms with van der Waals surface area (Å²) in [6.45, 7) is 8.20.